The molecule has 3 rings (SSSR count). The summed E-state index contributed by atoms with van der Waals surface area (Å²) < 4.78 is 16.9. The van der Waals surface area contributed by atoms with Crippen molar-refractivity contribution in [3.63, 3.8) is 0 Å². The van der Waals surface area contributed by atoms with E-state index in [0.717, 1.165) is 0 Å². The Morgan fingerprint density at radius 1 is 1.15 bits per heavy atom. The molecule has 2 aliphatic rings. The van der Waals surface area contributed by atoms with Crippen LogP contribution in [0.1, 0.15) is 27.7 Å². The Balaban J connectivity index is 1.60. The standard InChI is InChI=1S/C19H26N2O5/c1-13-11-20(18(23)26-19(2,3)4)9-10-21(13)17(22)16-12-24-14-7-5-6-8-15(14)25-16/h5-8,13,16H,9-12H2,1-4H3. The van der Waals surface area contributed by atoms with E-state index >= 15 is 0 Å². The molecule has 1 fully saturated rings. The van der Waals surface area contributed by atoms with Gasteiger partial charge < -0.3 is 24.0 Å². The Bertz CT molecular complexity index is 685. The van der Waals surface area contributed by atoms with Crippen molar-refractivity contribution in [2.24, 2.45) is 0 Å². The number of nitrogens with zero attached hydrogens (tertiary/aromatic N) is 2. The van der Waals surface area contributed by atoms with Gasteiger partial charge in [0.15, 0.2) is 11.5 Å². The molecule has 1 aromatic rings. The molecule has 1 aromatic carbocycles. The molecule has 0 saturated carbocycles. The summed E-state index contributed by atoms with van der Waals surface area (Å²) >= 11 is 0. The fourth-order valence-electron chi connectivity index (χ4n) is 3.10. The summed E-state index contributed by atoms with van der Waals surface area (Å²) in [7, 11) is 0. The molecule has 7 nitrogen and oxygen atoms in total. The largest absolute Gasteiger partial charge is 0.485 e. The van der Waals surface area contributed by atoms with Crippen LogP contribution in [0.5, 0.6) is 11.5 Å². The first-order chi connectivity index (χ1) is 12.2. The number of amides is 2. The molecule has 0 aromatic heterocycles. The summed E-state index contributed by atoms with van der Waals surface area (Å²) in [5, 5.41) is 0. The number of benzene rings is 1. The van der Waals surface area contributed by atoms with Gasteiger partial charge in [-0.1, -0.05) is 12.1 Å². The molecule has 2 unspecified atom stereocenters. The molecule has 142 valence electrons. The molecule has 2 heterocycles. The van der Waals surface area contributed by atoms with Crippen molar-refractivity contribution in [3.8, 4) is 11.5 Å². The molecular formula is C19H26N2O5. The lowest BCUT2D eigenvalue weighted by Crippen LogP contribution is -2.59. The van der Waals surface area contributed by atoms with Gasteiger partial charge in [-0.2, -0.15) is 0 Å². The normalized spacial score (nSPS) is 22.8. The van der Waals surface area contributed by atoms with Crippen LogP contribution < -0.4 is 9.47 Å². The summed E-state index contributed by atoms with van der Waals surface area (Å²) in [6.45, 7) is 8.95. The zero-order chi connectivity index (χ0) is 18.9. The van der Waals surface area contributed by atoms with Gasteiger partial charge in [-0.05, 0) is 39.8 Å². The van der Waals surface area contributed by atoms with Gasteiger partial charge in [-0.15, -0.1) is 0 Å². The van der Waals surface area contributed by atoms with Gasteiger partial charge >= 0.3 is 6.09 Å². The molecule has 1 saturated heterocycles. The highest BCUT2D eigenvalue weighted by molar-refractivity contribution is 5.82. The number of fused-ring (bicyclic) bond motifs is 1. The second-order valence-corrected chi connectivity index (χ2v) is 7.67. The van der Waals surface area contributed by atoms with Gasteiger partial charge in [-0.25, -0.2) is 4.79 Å². The van der Waals surface area contributed by atoms with Crippen molar-refractivity contribution >= 4 is 12.0 Å². The van der Waals surface area contributed by atoms with Gasteiger partial charge in [0.25, 0.3) is 5.91 Å². The first-order valence-electron chi connectivity index (χ1n) is 8.91. The average Bonchev–Trinajstić information content (AvgIpc) is 2.59. The molecule has 2 amide bonds. The molecule has 0 radical (unpaired) electrons. The number of carbonyl (C=O) groups excluding carboxylic acids is 2. The van der Waals surface area contributed by atoms with E-state index in [1.807, 2.05) is 45.9 Å². The highest BCUT2D eigenvalue weighted by Crippen LogP contribution is 2.31. The smallest absolute Gasteiger partial charge is 0.410 e. The van der Waals surface area contributed by atoms with Crippen LogP contribution in [0.15, 0.2) is 24.3 Å². The van der Waals surface area contributed by atoms with Crippen molar-refractivity contribution in [2.45, 2.75) is 45.4 Å². The van der Waals surface area contributed by atoms with Crippen LogP contribution in [0, 0.1) is 0 Å². The van der Waals surface area contributed by atoms with Crippen molar-refractivity contribution in [2.75, 3.05) is 26.2 Å². The predicted molar refractivity (Wildman–Crippen MR) is 95.3 cm³/mol. The van der Waals surface area contributed by atoms with Crippen LogP contribution in [0.3, 0.4) is 0 Å². The van der Waals surface area contributed by atoms with E-state index in [9.17, 15) is 9.59 Å². The lowest BCUT2D eigenvalue weighted by atomic mass is 10.1. The number of rotatable bonds is 1. The molecule has 0 bridgehead atoms. The summed E-state index contributed by atoms with van der Waals surface area (Å²) in [5.74, 6) is 1.12. The number of para-hydroxylation sites is 2. The predicted octanol–water partition coefficient (Wildman–Crippen LogP) is 2.29. The number of hydrogen-bond donors (Lipinski definition) is 0. The summed E-state index contributed by atoms with van der Waals surface area (Å²) in [5.41, 5.74) is -0.534. The van der Waals surface area contributed by atoms with E-state index in [0.29, 0.717) is 31.1 Å². The maximum Gasteiger partial charge on any atom is 0.410 e. The third-order valence-electron chi connectivity index (χ3n) is 4.35. The van der Waals surface area contributed by atoms with Crippen molar-refractivity contribution in [3.05, 3.63) is 24.3 Å². The maximum atomic E-state index is 12.9. The minimum Gasteiger partial charge on any atom is -0.485 e. The Kier molecular flexibility index (Phi) is 4.98. The lowest BCUT2D eigenvalue weighted by molar-refractivity contribution is -0.145. The van der Waals surface area contributed by atoms with Gasteiger partial charge in [0, 0.05) is 25.7 Å². The summed E-state index contributed by atoms with van der Waals surface area (Å²) in [4.78, 5) is 28.5. The minimum atomic E-state index is -0.666. The van der Waals surface area contributed by atoms with Crippen molar-refractivity contribution in [1.82, 2.24) is 9.80 Å². The number of hydrogen-bond acceptors (Lipinski definition) is 5. The monoisotopic (exact) mass is 362 g/mol. The van der Waals surface area contributed by atoms with E-state index in [4.69, 9.17) is 14.2 Å². The van der Waals surface area contributed by atoms with Gasteiger partial charge in [0.1, 0.15) is 12.2 Å². The molecule has 2 aliphatic heterocycles. The fourth-order valence-corrected chi connectivity index (χ4v) is 3.10. The minimum absolute atomic E-state index is 0.115. The topological polar surface area (TPSA) is 68.3 Å². The first kappa shape index (κ1) is 18.4. The highest BCUT2D eigenvalue weighted by atomic mass is 16.6. The van der Waals surface area contributed by atoms with E-state index in [-0.39, 0.29) is 24.6 Å². The van der Waals surface area contributed by atoms with Gasteiger partial charge in [0.2, 0.25) is 6.10 Å². The number of carbonyl (C=O) groups is 2. The molecule has 26 heavy (non-hydrogen) atoms. The zero-order valence-electron chi connectivity index (χ0n) is 15.7. The molecule has 0 spiro atoms. The Labute approximate surface area is 153 Å². The second kappa shape index (κ2) is 7.05. The third-order valence-corrected chi connectivity index (χ3v) is 4.35. The van der Waals surface area contributed by atoms with Crippen molar-refractivity contribution < 1.29 is 23.8 Å². The highest BCUT2D eigenvalue weighted by Gasteiger charge is 2.37. The molecule has 0 aliphatic carbocycles. The Hall–Kier alpha value is -2.44. The molecular weight excluding hydrogens is 336 g/mol. The zero-order valence-corrected chi connectivity index (χ0v) is 15.7. The molecule has 0 N–H and O–H groups in total. The molecule has 2 atom stereocenters. The second-order valence-electron chi connectivity index (χ2n) is 7.67. The lowest BCUT2D eigenvalue weighted by Gasteiger charge is -2.41. The van der Waals surface area contributed by atoms with Crippen molar-refractivity contribution in [1.29, 1.82) is 0 Å². The van der Waals surface area contributed by atoms with Gasteiger partial charge in [-0.3, -0.25) is 4.79 Å². The fraction of sp³-hybridized carbons (Fsp3) is 0.579. The van der Waals surface area contributed by atoms with E-state index in [1.165, 1.54) is 0 Å². The summed E-state index contributed by atoms with van der Waals surface area (Å²) in [6, 6.07) is 7.20. The first-order valence-corrected chi connectivity index (χ1v) is 8.91. The van der Waals surface area contributed by atoms with Crippen LogP contribution in [0.2, 0.25) is 0 Å². The van der Waals surface area contributed by atoms with Crippen LogP contribution >= 0.6 is 0 Å². The third kappa shape index (κ3) is 4.03. The van der Waals surface area contributed by atoms with Crippen LogP contribution in [-0.4, -0.2) is 65.8 Å². The quantitative estimate of drug-likeness (QED) is 0.767. The Morgan fingerprint density at radius 3 is 2.50 bits per heavy atom. The Morgan fingerprint density at radius 2 is 1.85 bits per heavy atom. The van der Waals surface area contributed by atoms with E-state index < -0.39 is 11.7 Å². The average molecular weight is 362 g/mol. The van der Waals surface area contributed by atoms with Crippen LogP contribution in [-0.2, 0) is 9.53 Å². The van der Waals surface area contributed by atoms with E-state index in [1.54, 1.807) is 15.9 Å². The van der Waals surface area contributed by atoms with Crippen LogP contribution in [0.4, 0.5) is 4.79 Å². The molecule has 7 heteroatoms. The number of piperazine rings is 1. The van der Waals surface area contributed by atoms with E-state index in [2.05, 4.69) is 0 Å². The SMILES string of the molecule is CC1CN(C(=O)OC(C)(C)C)CCN1C(=O)C1COc2ccccc2O1. The number of ether oxygens (including phenoxy) is 3. The maximum absolute atomic E-state index is 12.9. The van der Waals surface area contributed by atoms with Gasteiger partial charge in [0.05, 0.1) is 0 Å². The summed E-state index contributed by atoms with van der Waals surface area (Å²) in [6.07, 6.45) is -1.01. The van der Waals surface area contributed by atoms with Crippen LogP contribution in [0.25, 0.3) is 0 Å².